The van der Waals surface area contributed by atoms with Crippen molar-refractivity contribution in [2.75, 3.05) is 11.1 Å². The zero-order valence-electron chi connectivity index (χ0n) is 14.9. The van der Waals surface area contributed by atoms with Crippen LogP contribution in [0.5, 0.6) is 0 Å². The summed E-state index contributed by atoms with van der Waals surface area (Å²) in [6.07, 6.45) is 0. The molecule has 1 N–H and O–H groups in total. The minimum absolute atomic E-state index is 0.155. The SMILES string of the molecule is Cc1ccc(-n2nnnc2SCC(=O)Nc2nc(-c3ccccc3)cs2)cc1. The van der Waals surface area contributed by atoms with Crippen molar-refractivity contribution in [3.8, 4) is 16.9 Å². The van der Waals surface area contributed by atoms with E-state index < -0.39 is 0 Å². The van der Waals surface area contributed by atoms with Gasteiger partial charge in [-0.1, -0.05) is 59.8 Å². The molecule has 0 fully saturated rings. The average Bonchev–Trinajstić information content (AvgIpc) is 3.37. The molecule has 0 atom stereocenters. The molecule has 1 amide bonds. The monoisotopic (exact) mass is 408 g/mol. The molecule has 4 rings (SSSR count). The zero-order valence-corrected chi connectivity index (χ0v) is 16.6. The topological polar surface area (TPSA) is 85.6 Å². The number of carbonyl (C=O) groups excluding carboxylic acids is 1. The smallest absolute Gasteiger partial charge is 0.236 e. The number of hydrogen-bond acceptors (Lipinski definition) is 7. The number of rotatable bonds is 6. The standard InChI is InChI=1S/C19H16N6OS2/c1-13-7-9-15(10-8-13)25-19(22-23-24-25)28-12-17(26)21-18-20-16(11-27-18)14-5-3-2-4-6-14/h2-11H,12H2,1H3,(H,20,21,26). The number of aryl methyl sites for hydroxylation is 1. The van der Waals surface area contributed by atoms with E-state index in [1.807, 2.05) is 66.9 Å². The summed E-state index contributed by atoms with van der Waals surface area (Å²) in [4.78, 5) is 16.8. The van der Waals surface area contributed by atoms with Crippen LogP contribution < -0.4 is 5.32 Å². The molecule has 0 spiro atoms. The average molecular weight is 409 g/mol. The predicted molar refractivity (Wildman–Crippen MR) is 111 cm³/mol. The van der Waals surface area contributed by atoms with Crippen LogP contribution in [0, 0.1) is 6.92 Å². The van der Waals surface area contributed by atoms with Crippen molar-refractivity contribution in [3.05, 3.63) is 65.5 Å². The van der Waals surface area contributed by atoms with E-state index in [-0.39, 0.29) is 11.7 Å². The molecule has 0 unspecified atom stereocenters. The molecule has 0 aliphatic heterocycles. The lowest BCUT2D eigenvalue weighted by Gasteiger charge is -2.04. The summed E-state index contributed by atoms with van der Waals surface area (Å²) >= 11 is 2.67. The Kier molecular flexibility index (Phi) is 5.45. The first-order chi connectivity index (χ1) is 13.7. The number of benzene rings is 2. The summed E-state index contributed by atoms with van der Waals surface area (Å²) in [5.74, 6) is 0.0318. The van der Waals surface area contributed by atoms with Gasteiger partial charge in [0.1, 0.15) is 0 Å². The predicted octanol–water partition coefficient (Wildman–Crippen LogP) is 3.83. The van der Waals surface area contributed by atoms with E-state index in [9.17, 15) is 4.79 Å². The van der Waals surface area contributed by atoms with Gasteiger partial charge in [0, 0.05) is 10.9 Å². The number of anilines is 1. The first kappa shape index (κ1) is 18.3. The van der Waals surface area contributed by atoms with Gasteiger partial charge in [-0.15, -0.1) is 16.4 Å². The lowest BCUT2D eigenvalue weighted by atomic mass is 10.2. The van der Waals surface area contributed by atoms with Crippen molar-refractivity contribution in [2.45, 2.75) is 12.1 Å². The number of hydrogen-bond donors (Lipinski definition) is 1. The Morgan fingerprint density at radius 1 is 1.14 bits per heavy atom. The Morgan fingerprint density at radius 3 is 2.71 bits per heavy atom. The summed E-state index contributed by atoms with van der Waals surface area (Å²) in [6.45, 7) is 2.02. The van der Waals surface area contributed by atoms with Crippen LogP contribution in [0.2, 0.25) is 0 Å². The third-order valence-corrected chi connectivity index (χ3v) is 5.55. The number of nitrogens with one attached hydrogen (secondary N) is 1. The van der Waals surface area contributed by atoms with Crippen LogP contribution in [0.25, 0.3) is 16.9 Å². The van der Waals surface area contributed by atoms with Crippen molar-refractivity contribution in [2.24, 2.45) is 0 Å². The molecule has 0 bridgehead atoms. The summed E-state index contributed by atoms with van der Waals surface area (Å²) < 4.78 is 1.62. The molecule has 2 heterocycles. The lowest BCUT2D eigenvalue weighted by Crippen LogP contribution is -2.14. The summed E-state index contributed by atoms with van der Waals surface area (Å²) in [5, 5.41) is 17.6. The zero-order chi connectivity index (χ0) is 19.3. The molecule has 2 aromatic heterocycles. The molecule has 0 aliphatic rings. The molecular weight excluding hydrogens is 392 g/mol. The number of tetrazole rings is 1. The van der Waals surface area contributed by atoms with Crippen LogP contribution in [0.4, 0.5) is 5.13 Å². The molecule has 140 valence electrons. The summed E-state index contributed by atoms with van der Waals surface area (Å²) in [6, 6.07) is 17.7. The molecule has 28 heavy (non-hydrogen) atoms. The second kappa shape index (κ2) is 8.32. The molecule has 7 nitrogen and oxygen atoms in total. The van der Waals surface area contributed by atoms with Crippen molar-refractivity contribution < 1.29 is 4.79 Å². The van der Waals surface area contributed by atoms with Gasteiger partial charge in [0.2, 0.25) is 11.1 Å². The van der Waals surface area contributed by atoms with E-state index in [0.717, 1.165) is 22.5 Å². The third kappa shape index (κ3) is 4.26. The van der Waals surface area contributed by atoms with Gasteiger partial charge in [-0.2, -0.15) is 4.68 Å². The first-order valence-electron chi connectivity index (χ1n) is 8.48. The molecule has 0 saturated heterocycles. The fourth-order valence-corrected chi connectivity index (χ4v) is 3.90. The van der Waals surface area contributed by atoms with Crippen LogP contribution in [0.1, 0.15) is 5.56 Å². The summed E-state index contributed by atoms with van der Waals surface area (Å²) in [7, 11) is 0. The molecule has 0 radical (unpaired) electrons. The van der Waals surface area contributed by atoms with Crippen molar-refractivity contribution in [3.63, 3.8) is 0 Å². The van der Waals surface area contributed by atoms with Gasteiger partial charge in [-0.25, -0.2) is 4.98 Å². The Labute approximate surface area is 169 Å². The van der Waals surface area contributed by atoms with Gasteiger partial charge < -0.3 is 5.32 Å². The number of aromatic nitrogens is 5. The highest BCUT2D eigenvalue weighted by Crippen LogP contribution is 2.25. The second-order valence-electron chi connectivity index (χ2n) is 5.95. The van der Waals surface area contributed by atoms with E-state index in [0.29, 0.717) is 10.3 Å². The van der Waals surface area contributed by atoms with Crippen LogP contribution in [-0.4, -0.2) is 36.9 Å². The van der Waals surface area contributed by atoms with Gasteiger partial charge in [-0.05, 0) is 29.5 Å². The highest BCUT2D eigenvalue weighted by atomic mass is 32.2. The van der Waals surface area contributed by atoms with E-state index in [1.54, 1.807) is 4.68 Å². The van der Waals surface area contributed by atoms with E-state index in [1.165, 1.54) is 23.1 Å². The van der Waals surface area contributed by atoms with Gasteiger partial charge in [0.05, 0.1) is 17.1 Å². The summed E-state index contributed by atoms with van der Waals surface area (Å²) in [5.41, 5.74) is 3.87. The van der Waals surface area contributed by atoms with E-state index in [4.69, 9.17) is 0 Å². The molecule has 9 heteroatoms. The molecule has 0 saturated carbocycles. The molecule has 0 aliphatic carbocycles. The molecule has 2 aromatic carbocycles. The van der Waals surface area contributed by atoms with Gasteiger partial charge in [0.25, 0.3) is 0 Å². The Balaban J connectivity index is 1.38. The fraction of sp³-hybridized carbons (Fsp3) is 0.105. The molecule has 4 aromatic rings. The fourth-order valence-electron chi connectivity index (χ4n) is 2.48. The normalized spacial score (nSPS) is 10.8. The maximum absolute atomic E-state index is 12.3. The van der Waals surface area contributed by atoms with E-state index in [2.05, 4.69) is 25.8 Å². The Bertz CT molecular complexity index is 1080. The van der Waals surface area contributed by atoms with Crippen molar-refractivity contribution >= 4 is 34.1 Å². The molecular formula is C19H16N6OS2. The number of thioether (sulfide) groups is 1. The minimum Gasteiger partial charge on any atom is -0.301 e. The van der Waals surface area contributed by atoms with E-state index >= 15 is 0 Å². The maximum atomic E-state index is 12.3. The minimum atomic E-state index is -0.155. The van der Waals surface area contributed by atoms with Gasteiger partial charge >= 0.3 is 0 Å². The number of thiazole rings is 1. The quantitative estimate of drug-likeness (QED) is 0.488. The Morgan fingerprint density at radius 2 is 1.93 bits per heavy atom. The van der Waals surface area contributed by atoms with Crippen molar-refractivity contribution in [1.29, 1.82) is 0 Å². The van der Waals surface area contributed by atoms with Gasteiger partial charge in [-0.3, -0.25) is 4.79 Å². The highest BCUT2D eigenvalue weighted by molar-refractivity contribution is 7.99. The number of nitrogens with zero attached hydrogens (tertiary/aromatic N) is 5. The number of carbonyl (C=O) groups is 1. The van der Waals surface area contributed by atoms with Gasteiger partial charge in [0.15, 0.2) is 5.13 Å². The third-order valence-electron chi connectivity index (χ3n) is 3.87. The van der Waals surface area contributed by atoms with Crippen LogP contribution in [-0.2, 0) is 4.79 Å². The highest BCUT2D eigenvalue weighted by Gasteiger charge is 2.13. The maximum Gasteiger partial charge on any atom is 0.236 e. The van der Waals surface area contributed by atoms with Crippen LogP contribution in [0.15, 0.2) is 65.1 Å². The van der Waals surface area contributed by atoms with Crippen LogP contribution in [0.3, 0.4) is 0 Å². The largest absolute Gasteiger partial charge is 0.301 e. The Hall–Kier alpha value is -3.04. The lowest BCUT2D eigenvalue weighted by molar-refractivity contribution is -0.113. The first-order valence-corrected chi connectivity index (χ1v) is 10.3. The number of amides is 1. The second-order valence-corrected chi connectivity index (χ2v) is 7.75. The van der Waals surface area contributed by atoms with Crippen molar-refractivity contribution in [1.82, 2.24) is 25.2 Å². The van der Waals surface area contributed by atoms with Crippen LogP contribution >= 0.6 is 23.1 Å².